The first-order valence-electron chi connectivity index (χ1n) is 7.37. The Kier molecular flexibility index (Phi) is 5.67. The van der Waals surface area contributed by atoms with Crippen LogP contribution >= 0.6 is 0 Å². The Labute approximate surface area is 144 Å². The maximum absolute atomic E-state index is 12.6. The first-order chi connectivity index (χ1) is 11.9. The third kappa shape index (κ3) is 4.77. The number of nitro benzene ring substituents is 1. The number of carbonyl (C=O) groups is 2. The molecule has 0 unspecified atom stereocenters. The number of hydrogen-bond acceptors (Lipinski definition) is 5. The molecule has 0 saturated heterocycles. The second-order valence-corrected chi connectivity index (χ2v) is 5.34. The molecule has 0 aliphatic heterocycles. The van der Waals surface area contributed by atoms with Gasteiger partial charge in [-0.1, -0.05) is 24.3 Å². The van der Waals surface area contributed by atoms with Gasteiger partial charge in [0.15, 0.2) is 6.61 Å². The normalized spacial score (nSPS) is 10.1. The number of rotatable bonds is 7. The number of nitro groups is 1. The number of primary amides is 1. The monoisotopic (exact) mass is 343 g/mol. The summed E-state index contributed by atoms with van der Waals surface area (Å²) in [5.74, 6) is -0.740. The molecular formula is C17H17N3O5. The lowest BCUT2D eigenvalue weighted by molar-refractivity contribution is -0.384. The third-order valence-corrected chi connectivity index (χ3v) is 3.38. The maximum atomic E-state index is 12.6. The molecule has 0 bridgehead atoms. The average Bonchev–Trinajstić information content (AvgIpc) is 2.59. The van der Waals surface area contributed by atoms with Crippen molar-refractivity contribution in [3.05, 3.63) is 69.8 Å². The van der Waals surface area contributed by atoms with Gasteiger partial charge in [0.1, 0.15) is 5.75 Å². The van der Waals surface area contributed by atoms with E-state index in [9.17, 15) is 19.7 Å². The van der Waals surface area contributed by atoms with Crippen molar-refractivity contribution in [2.24, 2.45) is 5.73 Å². The van der Waals surface area contributed by atoms with E-state index in [1.807, 2.05) is 0 Å². The van der Waals surface area contributed by atoms with E-state index in [1.54, 1.807) is 43.4 Å². The lowest BCUT2D eigenvalue weighted by Gasteiger charge is -2.19. The summed E-state index contributed by atoms with van der Waals surface area (Å²) in [5.41, 5.74) is 5.91. The van der Waals surface area contributed by atoms with E-state index in [2.05, 4.69) is 0 Å². The molecule has 8 nitrogen and oxygen atoms in total. The second kappa shape index (κ2) is 7.91. The molecule has 2 aromatic rings. The van der Waals surface area contributed by atoms with E-state index in [4.69, 9.17) is 10.5 Å². The van der Waals surface area contributed by atoms with Crippen LogP contribution in [0.5, 0.6) is 5.75 Å². The molecule has 2 aromatic carbocycles. The zero-order valence-electron chi connectivity index (χ0n) is 13.5. The number of nitrogens with zero attached hydrogens (tertiary/aromatic N) is 2. The van der Waals surface area contributed by atoms with E-state index in [1.165, 1.54) is 17.0 Å². The molecule has 130 valence electrons. The quantitative estimate of drug-likeness (QED) is 0.607. The van der Waals surface area contributed by atoms with Gasteiger partial charge in [-0.15, -0.1) is 0 Å². The van der Waals surface area contributed by atoms with Crippen molar-refractivity contribution in [3.63, 3.8) is 0 Å². The molecule has 8 heteroatoms. The van der Waals surface area contributed by atoms with Gasteiger partial charge in [-0.2, -0.15) is 0 Å². The van der Waals surface area contributed by atoms with Crippen LogP contribution in [0, 0.1) is 10.1 Å². The van der Waals surface area contributed by atoms with E-state index in [0.717, 1.165) is 0 Å². The SMILES string of the molecule is CN(Cc1cccc([N+](=O)[O-])c1)C(=O)c1ccccc1OCC(N)=O. The highest BCUT2D eigenvalue weighted by atomic mass is 16.6. The highest BCUT2D eigenvalue weighted by Gasteiger charge is 2.18. The molecule has 0 atom stereocenters. The Balaban J connectivity index is 2.16. The van der Waals surface area contributed by atoms with Gasteiger partial charge in [0.05, 0.1) is 10.5 Å². The summed E-state index contributed by atoms with van der Waals surface area (Å²) >= 11 is 0. The number of hydrogen-bond donors (Lipinski definition) is 1. The molecule has 0 radical (unpaired) electrons. The van der Waals surface area contributed by atoms with Gasteiger partial charge in [0, 0.05) is 25.7 Å². The minimum absolute atomic E-state index is 0.0384. The summed E-state index contributed by atoms with van der Waals surface area (Å²) in [6.45, 7) is -0.149. The number of carbonyl (C=O) groups excluding carboxylic acids is 2. The molecule has 2 N–H and O–H groups in total. The van der Waals surface area contributed by atoms with Gasteiger partial charge in [-0.3, -0.25) is 19.7 Å². The Morgan fingerprint density at radius 3 is 2.60 bits per heavy atom. The van der Waals surface area contributed by atoms with Crippen LogP contribution in [0.2, 0.25) is 0 Å². The largest absolute Gasteiger partial charge is 0.483 e. The Morgan fingerprint density at radius 1 is 1.20 bits per heavy atom. The van der Waals surface area contributed by atoms with Crippen LogP contribution < -0.4 is 10.5 Å². The number of non-ortho nitro benzene ring substituents is 1. The lowest BCUT2D eigenvalue weighted by Crippen LogP contribution is -2.27. The van der Waals surface area contributed by atoms with E-state index < -0.39 is 10.8 Å². The van der Waals surface area contributed by atoms with Gasteiger partial charge in [-0.25, -0.2) is 0 Å². The predicted molar refractivity (Wildman–Crippen MR) is 90.0 cm³/mol. The fourth-order valence-electron chi connectivity index (χ4n) is 2.24. The van der Waals surface area contributed by atoms with Crippen molar-refractivity contribution in [1.29, 1.82) is 0 Å². The van der Waals surface area contributed by atoms with Crippen molar-refractivity contribution in [3.8, 4) is 5.75 Å². The average molecular weight is 343 g/mol. The molecule has 0 saturated carbocycles. The van der Waals surface area contributed by atoms with Crippen LogP contribution in [0.3, 0.4) is 0 Å². The molecule has 2 rings (SSSR count). The van der Waals surface area contributed by atoms with E-state index >= 15 is 0 Å². The van der Waals surface area contributed by atoms with Crippen LogP contribution in [0.15, 0.2) is 48.5 Å². The molecule has 0 fully saturated rings. The number of ether oxygens (including phenoxy) is 1. The summed E-state index contributed by atoms with van der Waals surface area (Å²) in [7, 11) is 1.58. The first kappa shape index (κ1) is 17.9. The molecule has 0 aliphatic rings. The van der Waals surface area contributed by atoms with Crippen molar-refractivity contribution < 1.29 is 19.2 Å². The van der Waals surface area contributed by atoms with Crippen molar-refractivity contribution in [1.82, 2.24) is 4.90 Å². The Morgan fingerprint density at radius 2 is 1.92 bits per heavy atom. The summed E-state index contributed by atoms with van der Waals surface area (Å²) in [5, 5.41) is 10.8. The predicted octanol–water partition coefficient (Wildman–Crippen LogP) is 1.73. The summed E-state index contributed by atoms with van der Waals surface area (Å²) in [6.07, 6.45) is 0. The van der Waals surface area contributed by atoms with E-state index in [-0.39, 0.29) is 36.1 Å². The maximum Gasteiger partial charge on any atom is 0.269 e. The topological polar surface area (TPSA) is 116 Å². The standard InChI is InChI=1S/C17H17N3O5/c1-19(10-12-5-4-6-13(9-12)20(23)24)17(22)14-7-2-3-8-15(14)25-11-16(18)21/h2-9H,10-11H2,1H3,(H2,18,21). The molecule has 0 aromatic heterocycles. The number of amides is 2. The van der Waals surface area contributed by atoms with Crippen molar-refractivity contribution in [2.75, 3.05) is 13.7 Å². The molecular weight excluding hydrogens is 326 g/mol. The molecule has 0 heterocycles. The molecule has 25 heavy (non-hydrogen) atoms. The molecule has 0 spiro atoms. The summed E-state index contributed by atoms with van der Waals surface area (Å²) < 4.78 is 5.26. The minimum Gasteiger partial charge on any atom is -0.483 e. The minimum atomic E-state index is -0.646. The fourth-order valence-corrected chi connectivity index (χ4v) is 2.24. The van der Waals surface area contributed by atoms with Crippen LogP contribution in [0.1, 0.15) is 15.9 Å². The second-order valence-electron chi connectivity index (χ2n) is 5.34. The van der Waals surface area contributed by atoms with E-state index in [0.29, 0.717) is 5.56 Å². The molecule has 2 amide bonds. The van der Waals surface area contributed by atoms with Crippen LogP contribution in [-0.4, -0.2) is 35.3 Å². The molecule has 0 aliphatic carbocycles. The van der Waals surface area contributed by atoms with Gasteiger partial charge in [0.25, 0.3) is 17.5 Å². The number of para-hydroxylation sites is 1. The van der Waals surface area contributed by atoms with Gasteiger partial charge in [0.2, 0.25) is 0 Å². The third-order valence-electron chi connectivity index (χ3n) is 3.38. The van der Waals surface area contributed by atoms with Crippen molar-refractivity contribution >= 4 is 17.5 Å². The Bertz CT molecular complexity index is 806. The fraction of sp³-hybridized carbons (Fsp3) is 0.176. The van der Waals surface area contributed by atoms with Gasteiger partial charge >= 0.3 is 0 Å². The highest BCUT2D eigenvalue weighted by molar-refractivity contribution is 5.96. The highest BCUT2D eigenvalue weighted by Crippen LogP contribution is 2.21. The number of nitrogens with two attached hydrogens (primary N) is 1. The smallest absolute Gasteiger partial charge is 0.269 e. The van der Waals surface area contributed by atoms with Gasteiger partial charge < -0.3 is 15.4 Å². The Hall–Kier alpha value is -3.42. The summed E-state index contributed by atoms with van der Waals surface area (Å²) in [6, 6.07) is 12.6. The van der Waals surface area contributed by atoms with Crippen LogP contribution in [0.4, 0.5) is 5.69 Å². The summed E-state index contributed by atoms with van der Waals surface area (Å²) in [4.78, 5) is 35.2. The van der Waals surface area contributed by atoms with Gasteiger partial charge in [-0.05, 0) is 17.7 Å². The number of benzene rings is 2. The van der Waals surface area contributed by atoms with Crippen LogP contribution in [0.25, 0.3) is 0 Å². The lowest BCUT2D eigenvalue weighted by atomic mass is 10.1. The zero-order chi connectivity index (χ0) is 18.4. The zero-order valence-corrected chi connectivity index (χ0v) is 13.5. The first-order valence-corrected chi connectivity index (χ1v) is 7.37. The van der Waals surface area contributed by atoms with Crippen LogP contribution in [-0.2, 0) is 11.3 Å². The van der Waals surface area contributed by atoms with Crippen molar-refractivity contribution in [2.45, 2.75) is 6.54 Å².